The highest BCUT2D eigenvalue weighted by molar-refractivity contribution is 9.10. The van der Waals surface area contributed by atoms with Gasteiger partial charge in [0, 0.05) is 27.9 Å². The maximum absolute atomic E-state index is 12.3. The average molecular weight is 393 g/mol. The van der Waals surface area contributed by atoms with Gasteiger partial charge >= 0.3 is 5.97 Å². The maximum Gasteiger partial charge on any atom is 0.338 e. The molecular formula is C16H13BrN2O5. The van der Waals surface area contributed by atoms with E-state index < -0.39 is 16.8 Å². The number of benzene rings is 2. The van der Waals surface area contributed by atoms with E-state index in [1.54, 1.807) is 31.2 Å². The van der Waals surface area contributed by atoms with Crippen molar-refractivity contribution in [2.75, 3.05) is 11.9 Å². The number of non-ortho nitro benzene ring substituents is 1. The van der Waals surface area contributed by atoms with Gasteiger partial charge in [-0.05, 0) is 37.3 Å². The molecule has 1 N–H and O–H groups in total. The zero-order valence-corrected chi connectivity index (χ0v) is 14.2. The second-order valence-corrected chi connectivity index (χ2v) is 5.62. The van der Waals surface area contributed by atoms with Crippen molar-refractivity contribution in [3.8, 4) is 0 Å². The predicted molar refractivity (Wildman–Crippen MR) is 91.1 cm³/mol. The summed E-state index contributed by atoms with van der Waals surface area (Å²) < 4.78 is 5.68. The Bertz CT molecular complexity index is 790. The van der Waals surface area contributed by atoms with Gasteiger partial charge in [-0.25, -0.2) is 4.79 Å². The van der Waals surface area contributed by atoms with Crippen molar-refractivity contribution in [3.05, 3.63) is 68.2 Å². The van der Waals surface area contributed by atoms with Gasteiger partial charge in [-0.3, -0.25) is 14.9 Å². The van der Waals surface area contributed by atoms with Crippen LogP contribution in [0.15, 0.2) is 46.9 Å². The first-order chi connectivity index (χ1) is 11.4. The van der Waals surface area contributed by atoms with Crippen LogP contribution in [-0.2, 0) is 4.74 Å². The average Bonchev–Trinajstić information content (AvgIpc) is 2.56. The van der Waals surface area contributed by atoms with Gasteiger partial charge in [0.25, 0.3) is 11.6 Å². The summed E-state index contributed by atoms with van der Waals surface area (Å²) >= 11 is 3.28. The zero-order valence-electron chi connectivity index (χ0n) is 12.6. The SMILES string of the molecule is CCOC(=O)c1cc(C(=O)Nc2ccc(Br)cc2)cc([N+](=O)[O-])c1. The van der Waals surface area contributed by atoms with E-state index in [4.69, 9.17) is 4.74 Å². The molecule has 0 saturated heterocycles. The molecule has 0 atom stereocenters. The first kappa shape index (κ1) is 17.6. The normalized spacial score (nSPS) is 10.1. The number of esters is 1. The van der Waals surface area contributed by atoms with E-state index in [-0.39, 0.29) is 23.4 Å². The van der Waals surface area contributed by atoms with Crippen molar-refractivity contribution in [2.45, 2.75) is 6.92 Å². The molecule has 1 amide bonds. The number of hydrogen-bond acceptors (Lipinski definition) is 5. The minimum Gasteiger partial charge on any atom is -0.462 e. The molecule has 7 nitrogen and oxygen atoms in total. The summed E-state index contributed by atoms with van der Waals surface area (Å²) in [6.45, 7) is 1.75. The zero-order chi connectivity index (χ0) is 17.7. The van der Waals surface area contributed by atoms with Gasteiger partial charge in [-0.2, -0.15) is 0 Å². The molecule has 0 radical (unpaired) electrons. The second kappa shape index (κ2) is 7.69. The van der Waals surface area contributed by atoms with Crippen LogP contribution in [0.2, 0.25) is 0 Å². The first-order valence-electron chi connectivity index (χ1n) is 6.94. The summed E-state index contributed by atoms with van der Waals surface area (Å²) in [5, 5.41) is 13.6. The lowest BCUT2D eigenvalue weighted by Gasteiger charge is -2.07. The number of nitrogens with one attached hydrogen (secondary N) is 1. The van der Waals surface area contributed by atoms with Crippen LogP contribution in [0.1, 0.15) is 27.6 Å². The molecule has 2 rings (SSSR count). The lowest BCUT2D eigenvalue weighted by molar-refractivity contribution is -0.384. The largest absolute Gasteiger partial charge is 0.462 e. The highest BCUT2D eigenvalue weighted by atomic mass is 79.9. The highest BCUT2D eigenvalue weighted by Crippen LogP contribution is 2.20. The number of carbonyl (C=O) groups excluding carboxylic acids is 2. The Morgan fingerprint density at radius 2 is 1.79 bits per heavy atom. The first-order valence-corrected chi connectivity index (χ1v) is 7.73. The van der Waals surface area contributed by atoms with Crippen molar-refractivity contribution >= 4 is 39.2 Å². The summed E-state index contributed by atoms with van der Waals surface area (Å²) in [4.78, 5) is 34.5. The fraction of sp³-hybridized carbons (Fsp3) is 0.125. The molecule has 8 heteroatoms. The molecule has 0 bridgehead atoms. The van der Waals surface area contributed by atoms with Gasteiger partial charge in [0.2, 0.25) is 0 Å². The number of nitrogens with zero attached hydrogens (tertiary/aromatic N) is 1. The van der Waals surface area contributed by atoms with Crippen molar-refractivity contribution in [1.29, 1.82) is 0 Å². The van der Waals surface area contributed by atoms with E-state index in [9.17, 15) is 19.7 Å². The summed E-state index contributed by atoms with van der Waals surface area (Å²) in [5.74, 6) is -1.29. The maximum atomic E-state index is 12.3. The molecule has 0 aliphatic heterocycles. The standard InChI is InChI=1S/C16H13BrN2O5/c1-2-24-16(21)11-7-10(8-14(9-11)19(22)23)15(20)18-13-5-3-12(17)4-6-13/h3-9H,2H2,1H3,(H,18,20). The topological polar surface area (TPSA) is 98.5 Å². The number of amides is 1. The highest BCUT2D eigenvalue weighted by Gasteiger charge is 2.18. The lowest BCUT2D eigenvalue weighted by Crippen LogP contribution is -2.14. The number of halogens is 1. The predicted octanol–water partition coefficient (Wildman–Crippen LogP) is 3.79. The van der Waals surface area contributed by atoms with Gasteiger partial charge in [0.05, 0.1) is 17.1 Å². The van der Waals surface area contributed by atoms with Crippen LogP contribution in [0.3, 0.4) is 0 Å². The number of rotatable bonds is 5. The number of carbonyl (C=O) groups is 2. The number of nitro benzene ring substituents is 1. The van der Waals surface area contributed by atoms with Gasteiger partial charge in [0.15, 0.2) is 0 Å². The summed E-state index contributed by atoms with van der Waals surface area (Å²) in [6.07, 6.45) is 0. The Morgan fingerprint density at radius 3 is 2.38 bits per heavy atom. The van der Waals surface area contributed by atoms with E-state index in [1.165, 1.54) is 6.07 Å². The lowest BCUT2D eigenvalue weighted by atomic mass is 10.1. The fourth-order valence-corrected chi connectivity index (χ4v) is 2.18. The minimum atomic E-state index is -0.723. The van der Waals surface area contributed by atoms with Crippen LogP contribution >= 0.6 is 15.9 Å². The van der Waals surface area contributed by atoms with Crippen LogP contribution < -0.4 is 5.32 Å². The number of hydrogen-bond donors (Lipinski definition) is 1. The van der Waals surface area contributed by atoms with Crippen LogP contribution in [0.5, 0.6) is 0 Å². The Morgan fingerprint density at radius 1 is 1.17 bits per heavy atom. The Kier molecular flexibility index (Phi) is 5.64. The molecule has 0 aromatic heterocycles. The van der Waals surface area contributed by atoms with E-state index in [0.29, 0.717) is 5.69 Å². The second-order valence-electron chi connectivity index (χ2n) is 4.71. The Hall–Kier alpha value is -2.74. The molecule has 124 valence electrons. The van der Waals surface area contributed by atoms with Crippen molar-refractivity contribution < 1.29 is 19.2 Å². The van der Waals surface area contributed by atoms with Crippen molar-refractivity contribution in [2.24, 2.45) is 0 Å². The molecule has 24 heavy (non-hydrogen) atoms. The molecule has 0 aliphatic rings. The number of ether oxygens (including phenoxy) is 1. The summed E-state index contributed by atoms with van der Waals surface area (Å²) in [7, 11) is 0. The van der Waals surface area contributed by atoms with Crippen LogP contribution in [0, 0.1) is 10.1 Å². The molecule has 0 aliphatic carbocycles. The molecule has 0 fully saturated rings. The molecule has 0 heterocycles. The molecule has 2 aromatic carbocycles. The third-order valence-electron chi connectivity index (χ3n) is 3.00. The Labute approximate surface area is 145 Å². The van der Waals surface area contributed by atoms with Crippen LogP contribution in [0.4, 0.5) is 11.4 Å². The van der Waals surface area contributed by atoms with Gasteiger partial charge < -0.3 is 10.1 Å². The molecule has 0 spiro atoms. The third kappa shape index (κ3) is 4.39. The molecule has 0 unspecified atom stereocenters. The molecule has 0 saturated carbocycles. The molecular weight excluding hydrogens is 380 g/mol. The van der Waals surface area contributed by atoms with E-state index >= 15 is 0 Å². The third-order valence-corrected chi connectivity index (χ3v) is 3.53. The van der Waals surface area contributed by atoms with Gasteiger partial charge in [0.1, 0.15) is 0 Å². The monoisotopic (exact) mass is 392 g/mol. The summed E-state index contributed by atoms with van der Waals surface area (Å²) in [5.41, 5.74) is 0.107. The van der Waals surface area contributed by atoms with Gasteiger partial charge in [-0.15, -0.1) is 0 Å². The quantitative estimate of drug-likeness (QED) is 0.474. The minimum absolute atomic E-state index is 0.00447. The van der Waals surface area contributed by atoms with Crippen LogP contribution in [-0.4, -0.2) is 23.4 Å². The van der Waals surface area contributed by atoms with E-state index in [0.717, 1.165) is 16.6 Å². The van der Waals surface area contributed by atoms with E-state index in [1.807, 2.05) is 0 Å². The Balaban J connectivity index is 2.33. The number of nitro groups is 1. The van der Waals surface area contributed by atoms with Crippen LogP contribution in [0.25, 0.3) is 0 Å². The molecule has 2 aromatic rings. The van der Waals surface area contributed by atoms with E-state index in [2.05, 4.69) is 21.2 Å². The van der Waals surface area contributed by atoms with Gasteiger partial charge in [-0.1, -0.05) is 15.9 Å². The van der Waals surface area contributed by atoms with Crippen molar-refractivity contribution in [1.82, 2.24) is 0 Å². The summed E-state index contributed by atoms with van der Waals surface area (Å²) in [6, 6.07) is 10.3. The number of anilines is 1. The van der Waals surface area contributed by atoms with Crippen molar-refractivity contribution in [3.63, 3.8) is 0 Å². The smallest absolute Gasteiger partial charge is 0.338 e. The fourth-order valence-electron chi connectivity index (χ4n) is 1.92.